The SMILES string of the molecule is Fc1cc(N2CC3CC(C2)N3c2nc(C3CC3)ns2)ccn1. The van der Waals surface area contributed by atoms with Crippen molar-refractivity contribution >= 4 is 22.4 Å². The van der Waals surface area contributed by atoms with Gasteiger partial charge < -0.3 is 9.80 Å². The number of hydrogen-bond acceptors (Lipinski definition) is 6. The zero-order valence-corrected chi connectivity index (χ0v) is 12.8. The summed E-state index contributed by atoms with van der Waals surface area (Å²) < 4.78 is 17.8. The second kappa shape index (κ2) is 4.62. The molecule has 3 saturated heterocycles. The Balaban J connectivity index is 1.34. The summed E-state index contributed by atoms with van der Waals surface area (Å²) in [4.78, 5) is 13.0. The summed E-state index contributed by atoms with van der Waals surface area (Å²) in [5.41, 5.74) is 0.929. The predicted octanol–water partition coefficient (Wildman–Crippen LogP) is 2.42. The minimum Gasteiger partial charge on any atom is -0.367 e. The summed E-state index contributed by atoms with van der Waals surface area (Å²) in [6.07, 6.45) is 5.21. The molecule has 0 radical (unpaired) electrons. The molecule has 0 N–H and O–H groups in total. The van der Waals surface area contributed by atoms with Crippen LogP contribution in [0.15, 0.2) is 18.3 Å². The summed E-state index contributed by atoms with van der Waals surface area (Å²) in [5.74, 6) is 1.24. The third-order valence-corrected chi connectivity index (χ3v) is 5.61. The van der Waals surface area contributed by atoms with Crippen molar-refractivity contribution in [2.45, 2.75) is 37.3 Å². The van der Waals surface area contributed by atoms with E-state index in [4.69, 9.17) is 4.98 Å². The Kier molecular flexibility index (Phi) is 2.68. The Morgan fingerprint density at radius 2 is 2.05 bits per heavy atom. The highest BCUT2D eigenvalue weighted by Gasteiger charge is 2.46. The standard InChI is InChI=1S/C15H16FN5S/c16-13-6-10(3-4-17-13)20-7-11-5-12(8-20)21(11)15-18-14(19-22-15)9-1-2-9/h3-4,6,9,11-12H,1-2,5,7-8H2. The van der Waals surface area contributed by atoms with Gasteiger partial charge in [0.2, 0.25) is 11.1 Å². The average molecular weight is 317 g/mol. The maximum Gasteiger partial charge on any atom is 0.214 e. The lowest BCUT2D eigenvalue weighted by Gasteiger charge is -2.56. The molecule has 5 heterocycles. The maximum atomic E-state index is 13.3. The van der Waals surface area contributed by atoms with E-state index in [9.17, 15) is 4.39 Å². The van der Waals surface area contributed by atoms with Crippen molar-refractivity contribution in [3.63, 3.8) is 0 Å². The van der Waals surface area contributed by atoms with E-state index < -0.39 is 5.95 Å². The van der Waals surface area contributed by atoms with Gasteiger partial charge in [-0.15, -0.1) is 0 Å². The number of pyridine rings is 1. The number of piperazine rings is 1. The van der Waals surface area contributed by atoms with Crippen molar-refractivity contribution in [1.29, 1.82) is 0 Å². The van der Waals surface area contributed by atoms with Crippen LogP contribution in [0, 0.1) is 5.95 Å². The van der Waals surface area contributed by atoms with E-state index >= 15 is 0 Å². The second-order valence-corrected chi connectivity index (χ2v) is 7.13. The van der Waals surface area contributed by atoms with Gasteiger partial charge in [-0.3, -0.25) is 0 Å². The van der Waals surface area contributed by atoms with E-state index in [1.807, 2.05) is 6.07 Å². The third-order valence-electron chi connectivity index (χ3n) is 4.86. The van der Waals surface area contributed by atoms with E-state index in [-0.39, 0.29) is 0 Å². The quantitative estimate of drug-likeness (QED) is 0.814. The third kappa shape index (κ3) is 1.99. The molecule has 2 atom stereocenters. The topological polar surface area (TPSA) is 45.2 Å². The smallest absolute Gasteiger partial charge is 0.214 e. The Morgan fingerprint density at radius 1 is 1.23 bits per heavy atom. The number of nitrogens with zero attached hydrogens (tertiary/aromatic N) is 5. The van der Waals surface area contributed by atoms with Crippen molar-refractivity contribution in [3.05, 3.63) is 30.1 Å². The highest BCUT2D eigenvalue weighted by atomic mass is 32.1. The predicted molar refractivity (Wildman–Crippen MR) is 83.0 cm³/mol. The molecule has 114 valence electrons. The van der Waals surface area contributed by atoms with Gasteiger partial charge in [-0.1, -0.05) is 0 Å². The van der Waals surface area contributed by atoms with Gasteiger partial charge in [-0.25, -0.2) is 9.97 Å². The van der Waals surface area contributed by atoms with Crippen LogP contribution in [0.2, 0.25) is 0 Å². The van der Waals surface area contributed by atoms with Crippen LogP contribution >= 0.6 is 11.5 Å². The molecule has 5 nitrogen and oxygen atoms in total. The maximum absolute atomic E-state index is 13.3. The molecule has 0 amide bonds. The fourth-order valence-electron chi connectivity index (χ4n) is 3.56. The Hall–Kier alpha value is -1.76. The van der Waals surface area contributed by atoms with Crippen molar-refractivity contribution in [2.24, 2.45) is 0 Å². The molecule has 2 bridgehead atoms. The van der Waals surface area contributed by atoms with Crippen LogP contribution in [0.3, 0.4) is 0 Å². The Bertz CT molecular complexity index is 703. The summed E-state index contributed by atoms with van der Waals surface area (Å²) in [7, 11) is 0. The van der Waals surface area contributed by atoms with Gasteiger partial charge >= 0.3 is 0 Å². The number of rotatable bonds is 3. The van der Waals surface area contributed by atoms with Crippen LogP contribution < -0.4 is 9.80 Å². The first-order valence-electron chi connectivity index (χ1n) is 7.76. The van der Waals surface area contributed by atoms with E-state index in [2.05, 4.69) is 19.2 Å². The van der Waals surface area contributed by atoms with Crippen LogP contribution in [0.1, 0.15) is 31.0 Å². The Labute approximate surface area is 132 Å². The van der Waals surface area contributed by atoms with Gasteiger partial charge in [0, 0.05) is 48.5 Å². The summed E-state index contributed by atoms with van der Waals surface area (Å²) in [6.45, 7) is 1.83. The van der Waals surface area contributed by atoms with Crippen molar-refractivity contribution in [3.8, 4) is 0 Å². The first-order chi connectivity index (χ1) is 10.8. The van der Waals surface area contributed by atoms with E-state index in [1.165, 1.54) is 43.1 Å². The lowest BCUT2D eigenvalue weighted by molar-refractivity contribution is 0.291. The number of halogens is 1. The van der Waals surface area contributed by atoms with Gasteiger partial charge in [0.1, 0.15) is 5.82 Å². The molecule has 2 aromatic heterocycles. The summed E-state index contributed by atoms with van der Waals surface area (Å²) >= 11 is 1.53. The van der Waals surface area contributed by atoms with Crippen LogP contribution in [0.4, 0.5) is 15.2 Å². The molecule has 1 saturated carbocycles. The van der Waals surface area contributed by atoms with E-state index in [0.717, 1.165) is 29.7 Å². The monoisotopic (exact) mass is 317 g/mol. The van der Waals surface area contributed by atoms with Gasteiger partial charge in [-0.2, -0.15) is 8.76 Å². The van der Waals surface area contributed by atoms with Crippen LogP contribution in [0.5, 0.6) is 0 Å². The van der Waals surface area contributed by atoms with Crippen LogP contribution in [-0.2, 0) is 0 Å². The largest absolute Gasteiger partial charge is 0.367 e. The van der Waals surface area contributed by atoms with Gasteiger partial charge in [0.25, 0.3) is 0 Å². The molecule has 2 aromatic rings. The molecule has 3 aliphatic heterocycles. The zero-order chi connectivity index (χ0) is 14.7. The minimum absolute atomic E-state index is 0.410. The number of hydrogen-bond donors (Lipinski definition) is 0. The molecule has 7 heteroatoms. The fourth-order valence-corrected chi connectivity index (χ4v) is 4.45. The number of fused-ring (bicyclic) bond motifs is 2. The molecule has 0 aromatic carbocycles. The van der Waals surface area contributed by atoms with Crippen molar-refractivity contribution < 1.29 is 4.39 Å². The van der Waals surface area contributed by atoms with Crippen molar-refractivity contribution in [1.82, 2.24) is 14.3 Å². The molecule has 1 aliphatic carbocycles. The Morgan fingerprint density at radius 3 is 2.77 bits per heavy atom. The first-order valence-corrected chi connectivity index (χ1v) is 8.54. The molecular formula is C15H16FN5S. The molecule has 6 rings (SSSR count). The number of anilines is 2. The average Bonchev–Trinajstić information content (AvgIpc) is 3.27. The van der Waals surface area contributed by atoms with Gasteiger partial charge in [-0.05, 0) is 25.3 Å². The fraction of sp³-hybridized carbons (Fsp3) is 0.533. The molecule has 4 fully saturated rings. The highest BCUT2D eigenvalue weighted by Crippen LogP contribution is 2.43. The van der Waals surface area contributed by atoms with Gasteiger partial charge in [0.15, 0.2) is 0 Å². The number of aromatic nitrogens is 3. The van der Waals surface area contributed by atoms with Crippen LogP contribution in [-0.4, -0.2) is 39.5 Å². The molecule has 0 spiro atoms. The molecular weight excluding hydrogens is 301 g/mol. The lowest BCUT2D eigenvalue weighted by Crippen LogP contribution is -2.69. The zero-order valence-electron chi connectivity index (χ0n) is 12.0. The first kappa shape index (κ1) is 12.8. The summed E-state index contributed by atoms with van der Waals surface area (Å²) in [6, 6.07) is 4.34. The normalized spacial score (nSPS) is 27.0. The lowest BCUT2D eigenvalue weighted by atomic mass is 9.88. The van der Waals surface area contributed by atoms with E-state index in [0.29, 0.717) is 18.0 Å². The van der Waals surface area contributed by atoms with Crippen molar-refractivity contribution in [2.75, 3.05) is 22.9 Å². The second-order valence-electron chi connectivity index (χ2n) is 6.40. The van der Waals surface area contributed by atoms with E-state index in [1.54, 1.807) is 0 Å². The van der Waals surface area contributed by atoms with Gasteiger partial charge in [0.05, 0.1) is 12.1 Å². The summed E-state index contributed by atoms with van der Waals surface area (Å²) in [5, 5.41) is 1.07. The number of piperidine rings is 1. The highest BCUT2D eigenvalue weighted by molar-refractivity contribution is 7.09. The molecule has 22 heavy (non-hydrogen) atoms. The van der Waals surface area contributed by atoms with Crippen LogP contribution in [0.25, 0.3) is 0 Å². The minimum atomic E-state index is -0.410. The molecule has 2 unspecified atom stereocenters. The molecule has 4 aliphatic rings.